The molecule has 0 aromatic heterocycles. The van der Waals surface area contributed by atoms with Crippen molar-refractivity contribution < 1.29 is 27.9 Å². The van der Waals surface area contributed by atoms with Gasteiger partial charge in [-0.15, -0.1) is 0 Å². The van der Waals surface area contributed by atoms with Crippen LogP contribution < -0.4 is 20.5 Å². The Bertz CT molecular complexity index is 1910. The Kier molecular flexibility index (Phi) is 11.1. The van der Waals surface area contributed by atoms with E-state index in [4.69, 9.17) is 22.1 Å². The minimum absolute atomic E-state index is 0.0222. The van der Waals surface area contributed by atoms with Gasteiger partial charge in [0.25, 0.3) is 21.8 Å². The zero-order valence-corrected chi connectivity index (χ0v) is 29.0. The van der Waals surface area contributed by atoms with E-state index in [1.165, 1.54) is 30.3 Å². The molecule has 1 aliphatic heterocycles. The van der Waals surface area contributed by atoms with Gasteiger partial charge in [-0.25, -0.2) is 8.42 Å². The van der Waals surface area contributed by atoms with Crippen LogP contribution in [0.15, 0.2) is 95.9 Å². The molecule has 0 fully saturated rings. The van der Waals surface area contributed by atoms with E-state index in [1.54, 1.807) is 60.4 Å². The smallest absolute Gasteiger partial charge is 0.261 e. The Hall–Kier alpha value is -4.62. The number of nitrogens with one attached hydrogen (secondary N) is 2. The number of benzene rings is 4. The predicted octanol–water partition coefficient (Wildman–Crippen LogP) is 5.33. The van der Waals surface area contributed by atoms with Gasteiger partial charge in [0, 0.05) is 41.8 Å². The largest absolute Gasteiger partial charge is 0.488 e. The molecule has 0 bridgehead atoms. The first-order chi connectivity index (χ1) is 23.3. The Balaban J connectivity index is 1.32. The predicted molar refractivity (Wildman–Crippen MR) is 191 cm³/mol. The van der Waals surface area contributed by atoms with Crippen LogP contribution in [0.4, 0.5) is 17.1 Å². The summed E-state index contributed by atoms with van der Waals surface area (Å²) in [6, 6.07) is 24.3. The third kappa shape index (κ3) is 8.70. The number of carbonyl (C=O) groups excluding carboxylic acids is 2. The highest BCUT2D eigenvalue weighted by Gasteiger charge is 2.34. The topological polar surface area (TPSA) is 154 Å². The molecular formula is C36H40ClN5O6S. The number of aliphatic hydroxyl groups is 1. The van der Waals surface area contributed by atoms with Crippen molar-refractivity contribution >= 4 is 50.5 Å². The van der Waals surface area contributed by atoms with Gasteiger partial charge in [-0.3, -0.25) is 19.2 Å². The number of halogens is 1. The minimum Gasteiger partial charge on any atom is -0.488 e. The number of carbonyl (C=O) groups is 2. The third-order valence-electron chi connectivity index (χ3n) is 8.41. The van der Waals surface area contributed by atoms with Crippen molar-refractivity contribution in [2.75, 3.05) is 42.5 Å². The molecule has 0 unspecified atom stereocenters. The molecule has 11 nitrogen and oxygen atoms in total. The molecule has 0 aliphatic carbocycles. The maximum absolute atomic E-state index is 13.8. The fraction of sp³-hybridized carbons (Fsp3) is 0.278. The van der Waals surface area contributed by atoms with Crippen molar-refractivity contribution in [3.05, 3.63) is 113 Å². The van der Waals surface area contributed by atoms with Crippen molar-refractivity contribution in [2.45, 2.75) is 37.4 Å². The van der Waals surface area contributed by atoms with E-state index in [0.717, 1.165) is 5.56 Å². The van der Waals surface area contributed by atoms with E-state index in [0.29, 0.717) is 47.3 Å². The number of sulfonamides is 1. The second-order valence-electron chi connectivity index (χ2n) is 12.3. The van der Waals surface area contributed by atoms with Crippen LogP contribution >= 0.6 is 11.6 Å². The number of fused-ring (bicyclic) bond motifs is 1. The van der Waals surface area contributed by atoms with E-state index in [9.17, 15) is 23.1 Å². The Morgan fingerprint density at radius 3 is 2.45 bits per heavy atom. The lowest BCUT2D eigenvalue weighted by Gasteiger charge is -2.38. The van der Waals surface area contributed by atoms with E-state index in [2.05, 4.69) is 14.9 Å². The number of aliphatic hydroxyl groups excluding tert-OH is 1. The quantitative estimate of drug-likeness (QED) is 0.153. The molecule has 2 amide bonds. The SMILES string of the molecule is C[C@H]1CN([C@@H](C)CO)C(=O)c2cc(NS(=O)(=O)c3ccc(Cl)cc3)ccc2O[C@@H]1CN(C)Cc1ccc(C(=O)Nc2ccccc2N)cc1. The van der Waals surface area contributed by atoms with E-state index < -0.39 is 16.1 Å². The first-order valence-electron chi connectivity index (χ1n) is 15.8. The zero-order chi connectivity index (χ0) is 35.3. The van der Waals surface area contributed by atoms with Crippen LogP contribution in [0.25, 0.3) is 0 Å². The summed E-state index contributed by atoms with van der Waals surface area (Å²) in [5, 5.41) is 13.2. The molecule has 1 aliphatic rings. The van der Waals surface area contributed by atoms with Gasteiger partial charge < -0.3 is 25.8 Å². The number of rotatable bonds is 11. The fourth-order valence-electron chi connectivity index (χ4n) is 5.58. The molecule has 5 N–H and O–H groups in total. The number of hydrogen-bond donors (Lipinski definition) is 4. The summed E-state index contributed by atoms with van der Waals surface area (Å²) in [5.74, 6) is -0.436. The number of para-hydroxylation sites is 2. The average Bonchev–Trinajstić information content (AvgIpc) is 3.07. The molecule has 258 valence electrons. The Labute approximate surface area is 291 Å². The van der Waals surface area contributed by atoms with Crippen LogP contribution in [-0.4, -0.2) is 74.0 Å². The highest BCUT2D eigenvalue weighted by atomic mass is 35.5. The number of nitrogens with two attached hydrogens (primary N) is 1. The zero-order valence-electron chi connectivity index (χ0n) is 27.5. The lowest BCUT2D eigenvalue weighted by atomic mass is 9.99. The molecule has 0 radical (unpaired) electrons. The van der Waals surface area contributed by atoms with Crippen molar-refractivity contribution in [2.24, 2.45) is 5.92 Å². The molecule has 5 rings (SSSR count). The molecule has 3 atom stereocenters. The summed E-state index contributed by atoms with van der Waals surface area (Å²) in [5.41, 5.74) is 8.85. The molecular weight excluding hydrogens is 666 g/mol. The molecule has 1 heterocycles. The molecule has 49 heavy (non-hydrogen) atoms. The molecule has 0 spiro atoms. The van der Waals surface area contributed by atoms with Gasteiger partial charge >= 0.3 is 0 Å². The van der Waals surface area contributed by atoms with Gasteiger partial charge in [0.15, 0.2) is 0 Å². The van der Waals surface area contributed by atoms with Gasteiger partial charge in [-0.05, 0) is 86.3 Å². The van der Waals surface area contributed by atoms with Gasteiger partial charge in [-0.1, -0.05) is 42.8 Å². The molecule has 13 heteroatoms. The van der Waals surface area contributed by atoms with Crippen LogP contribution in [0, 0.1) is 5.92 Å². The fourth-order valence-corrected chi connectivity index (χ4v) is 6.76. The summed E-state index contributed by atoms with van der Waals surface area (Å²) in [4.78, 5) is 30.3. The monoisotopic (exact) mass is 705 g/mol. The summed E-state index contributed by atoms with van der Waals surface area (Å²) in [6.07, 6.45) is -0.358. The Morgan fingerprint density at radius 1 is 1.08 bits per heavy atom. The van der Waals surface area contributed by atoms with E-state index >= 15 is 0 Å². The third-order valence-corrected chi connectivity index (χ3v) is 10.1. The van der Waals surface area contributed by atoms with Gasteiger partial charge in [-0.2, -0.15) is 0 Å². The highest BCUT2D eigenvalue weighted by Crippen LogP contribution is 2.32. The number of amides is 2. The second-order valence-corrected chi connectivity index (χ2v) is 14.4. The summed E-state index contributed by atoms with van der Waals surface area (Å²) in [7, 11) is -2.00. The van der Waals surface area contributed by atoms with Gasteiger partial charge in [0.05, 0.1) is 34.5 Å². The lowest BCUT2D eigenvalue weighted by Crippen LogP contribution is -2.49. The summed E-state index contributed by atoms with van der Waals surface area (Å²) in [6.45, 7) is 4.89. The van der Waals surface area contributed by atoms with Gasteiger partial charge in [0.2, 0.25) is 0 Å². The molecule has 4 aromatic carbocycles. The van der Waals surface area contributed by atoms with E-state index in [1.807, 2.05) is 26.1 Å². The highest BCUT2D eigenvalue weighted by molar-refractivity contribution is 7.92. The number of nitrogens with zero attached hydrogens (tertiary/aromatic N) is 2. The number of likely N-dealkylation sites (N-methyl/N-ethyl adjacent to an activating group) is 1. The number of anilines is 3. The number of ether oxygens (including phenoxy) is 1. The van der Waals surface area contributed by atoms with Crippen molar-refractivity contribution in [1.82, 2.24) is 9.80 Å². The van der Waals surface area contributed by atoms with Crippen molar-refractivity contribution in [1.29, 1.82) is 0 Å². The Morgan fingerprint density at radius 2 is 1.78 bits per heavy atom. The normalized spacial score (nSPS) is 17.0. The van der Waals surface area contributed by atoms with Crippen LogP contribution in [-0.2, 0) is 16.6 Å². The second kappa shape index (κ2) is 15.3. The molecule has 0 saturated carbocycles. The maximum Gasteiger partial charge on any atom is 0.261 e. The first-order valence-corrected chi connectivity index (χ1v) is 17.6. The van der Waals surface area contributed by atoms with Crippen LogP contribution in [0.3, 0.4) is 0 Å². The summed E-state index contributed by atoms with van der Waals surface area (Å²) >= 11 is 5.93. The van der Waals surface area contributed by atoms with Crippen LogP contribution in [0.2, 0.25) is 5.02 Å². The van der Waals surface area contributed by atoms with E-state index in [-0.39, 0.29) is 46.6 Å². The number of hydrogen-bond acceptors (Lipinski definition) is 8. The lowest BCUT2D eigenvalue weighted by molar-refractivity contribution is 0.0341. The van der Waals surface area contributed by atoms with Crippen LogP contribution in [0.1, 0.15) is 40.1 Å². The molecule has 4 aromatic rings. The minimum atomic E-state index is -3.96. The van der Waals surface area contributed by atoms with Crippen LogP contribution in [0.5, 0.6) is 5.75 Å². The summed E-state index contributed by atoms with van der Waals surface area (Å²) < 4.78 is 35.2. The first kappa shape index (κ1) is 35.7. The van der Waals surface area contributed by atoms with Gasteiger partial charge in [0.1, 0.15) is 11.9 Å². The maximum atomic E-state index is 13.8. The molecule has 0 saturated heterocycles. The standard InChI is InChI=1S/C36H40ClN5O6S/c1-23-19-42(24(2)22-43)36(45)30-18-28(40-49(46,47)29-15-12-27(37)13-16-29)14-17-33(30)48-34(23)21-41(3)20-25-8-10-26(11-9-25)35(44)39-32-7-5-4-6-31(32)38/h4-18,23-24,34,40,43H,19-22,38H2,1-3H3,(H,39,44)/t23-,24-,34+/m0/s1. The van der Waals surface area contributed by atoms with Crippen molar-refractivity contribution in [3.8, 4) is 5.75 Å². The van der Waals surface area contributed by atoms with Crippen molar-refractivity contribution in [3.63, 3.8) is 0 Å². The number of nitrogen functional groups attached to an aromatic ring is 1. The average molecular weight is 706 g/mol.